The van der Waals surface area contributed by atoms with Gasteiger partial charge in [-0.1, -0.05) is 35.9 Å². The number of nitrogens with zero attached hydrogens (tertiary/aromatic N) is 2. The Morgan fingerprint density at radius 1 is 0.926 bits per heavy atom. The summed E-state index contributed by atoms with van der Waals surface area (Å²) in [5.41, 5.74) is 4.40. The van der Waals surface area contributed by atoms with Gasteiger partial charge in [0.2, 0.25) is 0 Å². The van der Waals surface area contributed by atoms with Gasteiger partial charge >= 0.3 is 0 Å². The van der Waals surface area contributed by atoms with E-state index >= 15 is 0 Å². The molecule has 4 nitrogen and oxygen atoms in total. The van der Waals surface area contributed by atoms with Gasteiger partial charge < -0.3 is 10.2 Å². The summed E-state index contributed by atoms with van der Waals surface area (Å²) in [6.45, 7) is 0. The van der Waals surface area contributed by atoms with E-state index in [9.17, 15) is 4.79 Å². The summed E-state index contributed by atoms with van der Waals surface area (Å²) in [5, 5.41) is 4.17. The van der Waals surface area contributed by atoms with Crippen molar-refractivity contribution in [3.8, 4) is 0 Å². The maximum atomic E-state index is 13.3. The Kier molecular flexibility index (Phi) is 4.50. The van der Waals surface area contributed by atoms with Crippen LogP contribution in [0.2, 0.25) is 5.02 Å². The molecule has 1 amide bonds. The van der Waals surface area contributed by atoms with Crippen LogP contribution in [-0.4, -0.2) is 20.0 Å². The van der Waals surface area contributed by atoms with Gasteiger partial charge in [-0.3, -0.25) is 9.69 Å². The van der Waals surface area contributed by atoms with Crippen LogP contribution in [0.25, 0.3) is 0 Å². The molecule has 27 heavy (non-hydrogen) atoms. The standard InChI is InChI=1S/C22H20ClN3O/c1-25(2)17-11-13-18(14-12-17)26-21(15-7-9-16(23)10-8-15)24-20-6-4-3-5-19(20)22(26)27/h3-14,21,24H,1-2H3/t21-/m0/s1. The van der Waals surface area contributed by atoms with E-state index in [2.05, 4.69) is 5.32 Å². The molecule has 5 heteroatoms. The molecule has 0 spiro atoms. The number of nitrogens with one attached hydrogen (secondary N) is 1. The Balaban J connectivity index is 1.81. The summed E-state index contributed by atoms with van der Waals surface area (Å²) >= 11 is 6.06. The fourth-order valence-corrected chi connectivity index (χ4v) is 3.44. The highest BCUT2D eigenvalue weighted by Gasteiger charge is 2.33. The Hall–Kier alpha value is -2.98. The van der Waals surface area contributed by atoms with Crippen molar-refractivity contribution >= 4 is 34.6 Å². The topological polar surface area (TPSA) is 35.6 Å². The number of carbonyl (C=O) groups is 1. The first kappa shape index (κ1) is 17.4. The number of fused-ring (bicyclic) bond motifs is 1. The average molecular weight is 378 g/mol. The lowest BCUT2D eigenvalue weighted by Crippen LogP contribution is -2.43. The number of carbonyl (C=O) groups excluding carboxylic acids is 1. The van der Waals surface area contributed by atoms with Crippen molar-refractivity contribution in [2.45, 2.75) is 6.17 Å². The number of rotatable bonds is 3. The number of hydrogen-bond donors (Lipinski definition) is 1. The van der Waals surface area contributed by atoms with Crippen LogP contribution >= 0.6 is 11.6 Å². The van der Waals surface area contributed by atoms with E-state index in [0.29, 0.717) is 10.6 Å². The minimum atomic E-state index is -0.310. The highest BCUT2D eigenvalue weighted by molar-refractivity contribution is 6.30. The third kappa shape index (κ3) is 3.24. The van der Waals surface area contributed by atoms with Crippen LogP contribution in [0.15, 0.2) is 72.8 Å². The molecule has 136 valence electrons. The molecular formula is C22H20ClN3O. The molecule has 0 aromatic heterocycles. The van der Waals surface area contributed by atoms with Gasteiger partial charge in [-0.25, -0.2) is 0 Å². The van der Waals surface area contributed by atoms with E-state index in [-0.39, 0.29) is 12.1 Å². The molecule has 0 saturated heterocycles. The zero-order valence-corrected chi connectivity index (χ0v) is 15.9. The molecule has 0 bridgehead atoms. The van der Waals surface area contributed by atoms with Gasteiger partial charge in [-0.2, -0.15) is 0 Å². The zero-order valence-electron chi connectivity index (χ0n) is 15.2. The Labute approximate surface area is 164 Å². The zero-order chi connectivity index (χ0) is 19.0. The maximum Gasteiger partial charge on any atom is 0.262 e. The summed E-state index contributed by atoms with van der Waals surface area (Å²) in [4.78, 5) is 17.2. The van der Waals surface area contributed by atoms with Gasteiger partial charge in [0.25, 0.3) is 5.91 Å². The van der Waals surface area contributed by atoms with Crippen molar-refractivity contribution in [3.05, 3.63) is 88.9 Å². The van der Waals surface area contributed by atoms with E-state index in [1.165, 1.54) is 0 Å². The lowest BCUT2D eigenvalue weighted by molar-refractivity contribution is 0.0975. The highest BCUT2D eigenvalue weighted by Crippen LogP contribution is 2.37. The van der Waals surface area contributed by atoms with Crippen LogP contribution < -0.4 is 15.1 Å². The van der Waals surface area contributed by atoms with Crippen molar-refractivity contribution in [3.63, 3.8) is 0 Å². The molecule has 1 atom stereocenters. The van der Waals surface area contributed by atoms with Crippen LogP contribution in [0.3, 0.4) is 0 Å². The van der Waals surface area contributed by atoms with Gasteiger partial charge in [0.1, 0.15) is 6.17 Å². The van der Waals surface area contributed by atoms with E-state index < -0.39 is 0 Å². The van der Waals surface area contributed by atoms with Gasteiger partial charge in [0.05, 0.1) is 5.56 Å². The molecule has 1 heterocycles. The van der Waals surface area contributed by atoms with Crippen molar-refractivity contribution in [1.82, 2.24) is 0 Å². The monoisotopic (exact) mass is 377 g/mol. The second-order valence-electron chi connectivity index (χ2n) is 6.73. The van der Waals surface area contributed by atoms with Gasteiger partial charge in [0.15, 0.2) is 0 Å². The van der Waals surface area contributed by atoms with Gasteiger partial charge in [-0.05, 0) is 54.1 Å². The number of para-hydroxylation sites is 1. The number of halogens is 1. The summed E-state index contributed by atoms with van der Waals surface area (Å²) in [6, 6.07) is 23.2. The Bertz CT molecular complexity index is 968. The molecule has 1 N–H and O–H groups in total. The molecule has 4 rings (SSSR count). The number of hydrogen-bond acceptors (Lipinski definition) is 3. The summed E-state index contributed by atoms with van der Waals surface area (Å²) < 4.78 is 0. The average Bonchev–Trinajstić information content (AvgIpc) is 2.69. The molecule has 0 aliphatic carbocycles. The maximum absolute atomic E-state index is 13.3. The summed E-state index contributed by atoms with van der Waals surface area (Å²) in [6.07, 6.45) is -0.310. The molecule has 3 aromatic carbocycles. The molecule has 0 radical (unpaired) electrons. The molecule has 1 aliphatic heterocycles. The SMILES string of the molecule is CN(C)c1ccc(N2C(=O)c3ccccc3N[C@@H]2c2ccc(Cl)cc2)cc1. The van der Waals surface area contributed by atoms with Crippen LogP contribution in [0.4, 0.5) is 17.1 Å². The smallest absolute Gasteiger partial charge is 0.262 e. The van der Waals surface area contributed by atoms with E-state index in [1.807, 2.05) is 91.8 Å². The largest absolute Gasteiger partial charge is 0.378 e. The van der Waals surface area contributed by atoms with Gasteiger partial charge in [0, 0.05) is 36.2 Å². The molecule has 0 unspecified atom stereocenters. The normalized spacial score (nSPS) is 15.9. The summed E-state index contributed by atoms with van der Waals surface area (Å²) in [5.74, 6) is -0.0260. The second kappa shape index (κ2) is 6.97. The van der Waals surface area contributed by atoms with Gasteiger partial charge in [-0.15, -0.1) is 0 Å². The second-order valence-corrected chi connectivity index (χ2v) is 7.17. The fraction of sp³-hybridized carbons (Fsp3) is 0.136. The van der Waals surface area contributed by atoms with Crippen molar-refractivity contribution in [1.29, 1.82) is 0 Å². The van der Waals surface area contributed by atoms with Crippen LogP contribution in [0, 0.1) is 0 Å². The first-order valence-corrected chi connectivity index (χ1v) is 9.14. The van der Waals surface area contributed by atoms with Crippen molar-refractivity contribution in [2.24, 2.45) is 0 Å². The summed E-state index contributed by atoms with van der Waals surface area (Å²) in [7, 11) is 3.99. The van der Waals surface area contributed by atoms with Crippen molar-refractivity contribution in [2.75, 3.05) is 29.2 Å². The lowest BCUT2D eigenvalue weighted by Gasteiger charge is -2.38. The quantitative estimate of drug-likeness (QED) is 0.683. The fourth-order valence-electron chi connectivity index (χ4n) is 3.31. The predicted molar refractivity (Wildman–Crippen MR) is 112 cm³/mol. The Morgan fingerprint density at radius 3 is 2.26 bits per heavy atom. The third-order valence-corrected chi connectivity index (χ3v) is 5.01. The minimum Gasteiger partial charge on any atom is -0.378 e. The van der Waals surface area contributed by atoms with E-state index in [0.717, 1.165) is 22.6 Å². The molecule has 3 aromatic rings. The first-order valence-electron chi connectivity index (χ1n) is 8.76. The first-order chi connectivity index (χ1) is 13.0. The van der Waals surface area contributed by atoms with Crippen LogP contribution in [0.1, 0.15) is 22.1 Å². The number of anilines is 3. The van der Waals surface area contributed by atoms with Crippen LogP contribution in [-0.2, 0) is 0 Å². The molecular weight excluding hydrogens is 358 g/mol. The van der Waals surface area contributed by atoms with Crippen molar-refractivity contribution < 1.29 is 4.79 Å². The lowest BCUT2D eigenvalue weighted by atomic mass is 10.0. The molecule has 1 aliphatic rings. The highest BCUT2D eigenvalue weighted by atomic mass is 35.5. The number of benzene rings is 3. The van der Waals surface area contributed by atoms with Crippen LogP contribution in [0.5, 0.6) is 0 Å². The van der Waals surface area contributed by atoms with E-state index in [4.69, 9.17) is 11.6 Å². The predicted octanol–water partition coefficient (Wildman–Crippen LogP) is 5.18. The Morgan fingerprint density at radius 2 is 1.59 bits per heavy atom. The minimum absolute atomic E-state index is 0.0260. The molecule has 0 saturated carbocycles. The third-order valence-electron chi connectivity index (χ3n) is 4.76. The molecule has 0 fully saturated rings. The number of amides is 1. The van der Waals surface area contributed by atoms with E-state index in [1.54, 1.807) is 4.90 Å².